The predicted octanol–water partition coefficient (Wildman–Crippen LogP) is 2.93. The van der Waals surface area contributed by atoms with Crippen molar-refractivity contribution >= 4 is 15.9 Å². The van der Waals surface area contributed by atoms with Gasteiger partial charge in [-0.05, 0) is 24.1 Å². The molecular formula is C15H23BrN2O. The number of aromatic hydroxyl groups is 1. The molecule has 1 aromatic carbocycles. The minimum Gasteiger partial charge on any atom is -0.508 e. The quantitative estimate of drug-likeness (QED) is 0.921. The third-order valence-corrected chi connectivity index (χ3v) is 4.02. The minimum atomic E-state index is 0.396. The van der Waals surface area contributed by atoms with Gasteiger partial charge in [0.15, 0.2) is 0 Å². The Kier molecular flexibility index (Phi) is 5.25. The van der Waals surface area contributed by atoms with E-state index in [1.165, 1.54) is 6.54 Å². The summed E-state index contributed by atoms with van der Waals surface area (Å²) in [5, 5.41) is 9.88. The van der Waals surface area contributed by atoms with E-state index in [0.717, 1.165) is 48.7 Å². The molecule has 1 aliphatic rings. The van der Waals surface area contributed by atoms with E-state index in [9.17, 15) is 5.11 Å². The molecule has 4 heteroatoms. The van der Waals surface area contributed by atoms with Crippen LogP contribution in [0.25, 0.3) is 0 Å². The Labute approximate surface area is 124 Å². The van der Waals surface area contributed by atoms with E-state index >= 15 is 0 Å². The summed E-state index contributed by atoms with van der Waals surface area (Å²) in [7, 11) is 0. The Bertz CT molecular complexity index is 415. The molecule has 0 unspecified atom stereocenters. The third kappa shape index (κ3) is 4.48. The van der Waals surface area contributed by atoms with Crippen molar-refractivity contribution in [2.45, 2.75) is 20.4 Å². The maximum absolute atomic E-state index is 9.88. The third-order valence-electron chi connectivity index (χ3n) is 3.52. The molecule has 2 rings (SSSR count). The van der Waals surface area contributed by atoms with Crippen molar-refractivity contribution < 1.29 is 5.11 Å². The van der Waals surface area contributed by atoms with E-state index < -0.39 is 0 Å². The first kappa shape index (κ1) is 14.8. The lowest BCUT2D eigenvalue weighted by atomic mass is 10.1. The fourth-order valence-corrected chi connectivity index (χ4v) is 2.98. The number of phenols is 1. The lowest BCUT2D eigenvalue weighted by Crippen LogP contribution is -2.46. The maximum Gasteiger partial charge on any atom is 0.120 e. The zero-order valence-electron chi connectivity index (χ0n) is 11.8. The molecule has 0 bridgehead atoms. The van der Waals surface area contributed by atoms with E-state index in [4.69, 9.17) is 0 Å². The molecule has 0 spiro atoms. The van der Waals surface area contributed by atoms with Crippen LogP contribution in [0.3, 0.4) is 0 Å². The summed E-state index contributed by atoms with van der Waals surface area (Å²) < 4.78 is 1.03. The summed E-state index contributed by atoms with van der Waals surface area (Å²) in [5.41, 5.74) is 1.01. The highest BCUT2D eigenvalue weighted by Crippen LogP contribution is 2.23. The van der Waals surface area contributed by atoms with Gasteiger partial charge in [-0.1, -0.05) is 29.8 Å². The lowest BCUT2D eigenvalue weighted by Gasteiger charge is -2.35. The van der Waals surface area contributed by atoms with Crippen LogP contribution in [-0.4, -0.2) is 47.6 Å². The molecular weight excluding hydrogens is 304 g/mol. The van der Waals surface area contributed by atoms with Gasteiger partial charge < -0.3 is 10.0 Å². The van der Waals surface area contributed by atoms with Gasteiger partial charge >= 0.3 is 0 Å². The maximum atomic E-state index is 9.88. The van der Waals surface area contributed by atoms with E-state index in [-0.39, 0.29) is 0 Å². The Morgan fingerprint density at radius 1 is 1.16 bits per heavy atom. The average Bonchev–Trinajstić information content (AvgIpc) is 2.35. The van der Waals surface area contributed by atoms with Crippen LogP contribution in [0.1, 0.15) is 19.4 Å². The van der Waals surface area contributed by atoms with Gasteiger partial charge in [-0.2, -0.15) is 0 Å². The largest absolute Gasteiger partial charge is 0.508 e. The summed E-state index contributed by atoms with van der Waals surface area (Å²) in [5.74, 6) is 1.13. The minimum absolute atomic E-state index is 0.396. The molecule has 0 atom stereocenters. The fourth-order valence-electron chi connectivity index (χ4n) is 2.57. The van der Waals surface area contributed by atoms with Crippen LogP contribution in [0.2, 0.25) is 0 Å². The molecule has 1 aliphatic heterocycles. The van der Waals surface area contributed by atoms with Gasteiger partial charge in [-0.15, -0.1) is 0 Å². The van der Waals surface area contributed by atoms with Crippen LogP contribution in [-0.2, 0) is 6.54 Å². The summed E-state index contributed by atoms with van der Waals surface area (Å²) in [6.45, 7) is 11.0. The predicted molar refractivity (Wildman–Crippen MR) is 82.4 cm³/mol. The lowest BCUT2D eigenvalue weighted by molar-refractivity contribution is 0.117. The molecule has 1 saturated heterocycles. The van der Waals surface area contributed by atoms with E-state index in [1.807, 2.05) is 12.1 Å². The monoisotopic (exact) mass is 326 g/mol. The Morgan fingerprint density at radius 3 is 2.42 bits per heavy atom. The number of rotatable bonds is 4. The molecule has 0 saturated carbocycles. The van der Waals surface area contributed by atoms with Crippen LogP contribution in [0.15, 0.2) is 22.7 Å². The zero-order chi connectivity index (χ0) is 13.8. The highest BCUT2D eigenvalue weighted by Gasteiger charge is 2.18. The van der Waals surface area contributed by atoms with Crippen molar-refractivity contribution in [1.82, 2.24) is 9.80 Å². The van der Waals surface area contributed by atoms with Crippen LogP contribution >= 0.6 is 15.9 Å². The molecule has 3 nitrogen and oxygen atoms in total. The molecule has 106 valence electrons. The van der Waals surface area contributed by atoms with E-state index in [1.54, 1.807) is 6.07 Å². The number of piperazine rings is 1. The summed E-state index contributed by atoms with van der Waals surface area (Å²) >= 11 is 3.46. The van der Waals surface area contributed by atoms with Crippen LogP contribution in [0.5, 0.6) is 5.75 Å². The van der Waals surface area contributed by atoms with E-state index in [2.05, 4.69) is 39.6 Å². The van der Waals surface area contributed by atoms with Gasteiger partial charge in [0.2, 0.25) is 0 Å². The van der Waals surface area contributed by atoms with Gasteiger partial charge in [0.25, 0.3) is 0 Å². The van der Waals surface area contributed by atoms with Crippen molar-refractivity contribution in [3.8, 4) is 5.75 Å². The highest BCUT2D eigenvalue weighted by molar-refractivity contribution is 9.10. The Morgan fingerprint density at radius 2 is 1.79 bits per heavy atom. The SMILES string of the molecule is CC(C)CN1CCN(Cc2cc(Br)ccc2O)CC1. The van der Waals surface area contributed by atoms with Crippen molar-refractivity contribution in [3.63, 3.8) is 0 Å². The number of halogens is 1. The number of phenolic OH excluding ortho intramolecular Hbond substituents is 1. The first-order valence-corrected chi connectivity index (χ1v) is 7.76. The smallest absolute Gasteiger partial charge is 0.120 e. The molecule has 19 heavy (non-hydrogen) atoms. The number of hydrogen-bond donors (Lipinski definition) is 1. The van der Waals surface area contributed by atoms with Crippen LogP contribution in [0.4, 0.5) is 0 Å². The molecule has 1 aromatic rings. The summed E-state index contributed by atoms with van der Waals surface area (Å²) in [4.78, 5) is 4.94. The van der Waals surface area contributed by atoms with Crippen molar-refractivity contribution in [3.05, 3.63) is 28.2 Å². The fraction of sp³-hybridized carbons (Fsp3) is 0.600. The van der Waals surface area contributed by atoms with E-state index in [0.29, 0.717) is 5.75 Å². The topological polar surface area (TPSA) is 26.7 Å². The molecule has 0 aromatic heterocycles. The van der Waals surface area contributed by atoms with Gasteiger partial charge in [0.1, 0.15) is 5.75 Å². The molecule has 1 N–H and O–H groups in total. The second-order valence-electron chi connectivity index (χ2n) is 5.74. The summed E-state index contributed by atoms with van der Waals surface area (Å²) in [6.07, 6.45) is 0. The summed E-state index contributed by atoms with van der Waals surface area (Å²) in [6, 6.07) is 5.64. The Balaban J connectivity index is 1.87. The molecule has 0 aliphatic carbocycles. The Hall–Kier alpha value is -0.580. The first-order chi connectivity index (χ1) is 9.04. The van der Waals surface area contributed by atoms with Gasteiger partial charge in [-0.3, -0.25) is 4.90 Å². The van der Waals surface area contributed by atoms with Gasteiger partial charge in [-0.25, -0.2) is 0 Å². The van der Waals surface area contributed by atoms with Crippen LogP contribution < -0.4 is 0 Å². The molecule has 0 amide bonds. The molecule has 0 radical (unpaired) electrons. The average molecular weight is 327 g/mol. The van der Waals surface area contributed by atoms with Crippen molar-refractivity contribution in [2.75, 3.05) is 32.7 Å². The molecule has 1 heterocycles. The zero-order valence-corrected chi connectivity index (χ0v) is 13.4. The van der Waals surface area contributed by atoms with Crippen molar-refractivity contribution in [2.24, 2.45) is 5.92 Å². The second kappa shape index (κ2) is 6.73. The van der Waals surface area contributed by atoms with Crippen molar-refractivity contribution in [1.29, 1.82) is 0 Å². The first-order valence-electron chi connectivity index (χ1n) is 6.96. The number of hydrogen-bond acceptors (Lipinski definition) is 3. The second-order valence-corrected chi connectivity index (χ2v) is 6.66. The number of nitrogens with zero attached hydrogens (tertiary/aromatic N) is 2. The standard InChI is InChI=1S/C15H23BrN2O/c1-12(2)10-17-5-7-18(8-6-17)11-13-9-14(16)3-4-15(13)19/h3-4,9,12,19H,5-8,10-11H2,1-2H3. The van der Waals surface area contributed by atoms with Crippen LogP contribution in [0, 0.1) is 5.92 Å². The van der Waals surface area contributed by atoms with Gasteiger partial charge in [0, 0.05) is 49.3 Å². The number of benzene rings is 1. The molecule has 1 fully saturated rings. The normalized spacial score (nSPS) is 18.1. The van der Waals surface area contributed by atoms with Gasteiger partial charge in [0.05, 0.1) is 0 Å². The highest BCUT2D eigenvalue weighted by atomic mass is 79.9.